The number of anilines is 1. The van der Waals surface area contributed by atoms with Gasteiger partial charge in [0.1, 0.15) is 13.2 Å². The van der Waals surface area contributed by atoms with Crippen molar-refractivity contribution >= 4 is 11.6 Å². The van der Waals surface area contributed by atoms with Crippen molar-refractivity contribution in [2.24, 2.45) is 0 Å². The quantitative estimate of drug-likeness (QED) is 0.856. The van der Waals surface area contributed by atoms with Gasteiger partial charge in [-0.1, -0.05) is 12.1 Å². The normalized spacial score (nSPS) is 19.8. The number of hydrogen-bond acceptors (Lipinski definition) is 6. The predicted molar refractivity (Wildman–Crippen MR) is 85.4 cm³/mol. The van der Waals surface area contributed by atoms with Crippen LogP contribution in [0.2, 0.25) is 0 Å². The van der Waals surface area contributed by atoms with Crippen molar-refractivity contribution in [2.75, 3.05) is 24.7 Å². The van der Waals surface area contributed by atoms with E-state index in [0.29, 0.717) is 49.4 Å². The Balaban J connectivity index is 1.53. The van der Waals surface area contributed by atoms with Gasteiger partial charge in [0.2, 0.25) is 11.8 Å². The highest BCUT2D eigenvalue weighted by Crippen LogP contribution is 2.37. The molecule has 1 saturated heterocycles. The van der Waals surface area contributed by atoms with Gasteiger partial charge in [-0.15, -0.1) is 0 Å². The third kappa shape index (κ3) is 2.70. The first-order chi connectivity index (χ1) is 11.7. The van der Waals surface area contributed by atoms with E-state index in [9.17, 15) is 4.79 Å². The van der Waals surface area contributed by atoms with Gasteiger partial charge in [-0.2, -0.15) is 4.98 Å². The predicted octanol–water partition coefficient (Wildman–Crippen LogP) is 2.31. The van der Waals surface area contributed by atoms with Gasteiger partial charge in [0.15, 0.2) is 17.3 Å². The number of carbonyl (C=O) groups is 1. The van der Waals surface area contributed by atoms with Gasteiger partial charge in [-0.05, 0) is 18.6 Å². The van der Waals surface area contributed by atoms with Crippen LogP contribution >= 0.6 is 0 Å². The van der Waals surface area contributed by atoms with Crippen molar-refractivity contribution in [1.29, 1.82) is 0 Å². The topological polar surface area (TPSA) is 77.7 Å². The summed E-state index contributed by atoms with van der Waals surface area (Å²) in [6, 6.07) is 5.58. The molecule has 1 aromatic heterocycles. The van der Waals surface area contributed by atoms with E-state index in [1.165, 1.54) is 0 Å². The Morgan fingerprint density at radius 3 is 2.92 bits per heavy atom. The standard InChI is InChI=1S/C17H19N3O4/c1-2-3-15-18-17(24-19-15)11-8-16(21)20(10-11)12-4-5-13-14(9-12)23-7-6-22-13/h4-5,9,11H,2-3,6-8,10H2,1H3/t11-/m0/s1. The zero-order valence-corrected chi connectivity index (χ0v) is 13.5. The smallest absolute Gasteiger partial charge is 0.232 e. The summed E-state index contributed by atoms with van der Waals surface area (Å²) < 4.78 is 16.5. The largest absolute Gasteiger partial charge is 0.486 e. The van der Waals surface area contributed by atoms with Crippen LogP contribution in [0, 0.1) is 0 Å². The first-order valence-corrected chi connectivity index (χ1v) is 8.27. The molecule has 0 saturated carbocycles. The Hall–Kier alpha value is -2.57. The number of carbonyl (C=O) groups excluding carboxylic acids is 1. The summed E-state index contributed by atoms with van der Waals surface area (Å²) in [7, 11) is 0. The summed E-state index contributed by atoms with van der Waals surface area (Å²) in [6.45, 7) is 3.68. The second-order valence-electron chi connectivity index (χ2n) is 6.03. The highest BCUT2D eigenvalue weighted by Gasteiger charge is 2.35. The molecule has 2 aromatic rings. The molecule has 2 aliphatic heterocycles. The lowest BCUT2D eigenvalue weighted by Crippen LogP contribution is -2.24. The van der Waals surface area contributed by atoms with Crippen LogP contribution in [0.4, 0.5) is 5.69 Å². The van der Waals surface area contributed by atoms with Crippen LogP contribution in [0.25, 0.3) is 0 Å². The van der Waals surface area contributed by atoms with Crippen LogP contribution in [-0.2, 0) is 11.2 Å². The molecule has 0 aliphatic carbocycles. The molecule has 7 heteroatoms. The summed E-state index contributed by atoms with van der Waals surface area (Å²) in [5.41, 5.74) is 0.806. The Kier molecular flexibility index (Phi) is 3.84. The number of aryl methyl sites for hydroxylation is 1. The van der Waals surface area contributed by atoms with E-state index in [0.717, 1.165) is 18.5 Å². The zero-order chi connectivity index (χ0) is 16.5. The molecule has 1 aromatic carbocycles. The second-order valence-corrected chi connectivity index (χ2v) is 6.03. The molecule has 4 rings (SSSR count). The monoisotopic (exact) mass is 329 g/mol. The van der Waals surface area contributed by atoms with Crippen LogP contribution in [-0.4, -0.2) is 35.8 Å². The SMILES string of the molecule is CCCc1noc([C@H]2CC(=O)N(c3ccc4c(c3)OCCO4)C2)n1. The molecular formula is C17H19N3O4. The van der Waals surface area contributed by atoms with Gasteiger partial charge >= 0.3 is 0 Å². The van der Waals surface area contributed by atoms with Gasteiger partial charge in [-0.25, -0.2) is 0 Å². The van der Waals surface area contributed by atoms with Gasteiger partial charge in [0, 0.05) is 31.1 Å². The molecule has 24 heavy (non-hydrogen) atoms. The number of hydrogen-bond donors (Lipinski definition) is 0. The second kappa shape index (κ2) is 6.14. The maximum absolute atomic E-state index is 12.4. The maximum atomic E-state index is 12.4. The lowest BCUT2D eigenvalue weighted by molar-refractivity contribution is -0.117. The fourth-order valence-corrected chi connectivity index (χ4v) is 3.08. The number of rotatable bonds is 4. The van der Waals surface area contributed by atoms with Crippen LogP contribution in [0.5, 0.6) is 11.5 Å². The third-order valence-corrected chi connectivity index (χ3v) is 4.27. The molecule has 7 nitrogen and oxygen atoms in total. The Labute approximate surface area is 139 Å². The lowest BCUT2D eigenvalue weighted by Gasteiger charge is -2.22. The molecular weight excluding hydrogens is 310 g/mol. The van der Waals surface area contributed by atoms with Crippen LogP contribution in [0.15, 0.2) is 22.7 Å². The lowest BCUT2D eigenvalue weighted by atomic mass is 10.1. The van der Waals surface area contributed by atoms with E-state index in [4.69, 9.17) is 14.0 Å². The van der Waals surface area contributed by atoms with Crippen molar-refractivity contribution in [3.63, 3.8) is 0 Å². The molecule has 1 amide bonds. The number of amides is 1. The first-order valence-electron chi connectivity index (χ1n) is 8.27. The molecule has 3 heterocycles. The van der Waals surface area contributed by atoms with E-state index in [1.54, 1.807) is 4.90 Å². The average Bonchev–Trinajstić information content (AvgIpc) is 3.21. The van der Waals surface area contributed by atoms with E-state index in [-0.39, 0.29) is 11.8 Å². The van der Waals surface area contributed by atoms with Crippen LogP contribution < -0.4 is 14.4 Å². The van der Waals surface area contributed by atoms with E-state index in [1.807, 2.05) is 18.2 Å². The van der Waals surface area contributed by atoms with Crippen molar-refractivity contribution in [3.05, 3.63) is 29.9 Å². The Morgan fingerprint density at radius 2 is 2.08 bits per heavy atom. The summed E-state index contributed by atoms with van der Waals surface area (Å²) >= 11 is 0. The fourth-order valence-electron chi connectivity index (χ4n) is 3.08. The first kappa shape index (κ1) is 15.0. The third-order valence-electron chi connectivity index (χ3n) is 4.27. The van der Waals surface area contributed by atoms with Crippen LogP contribution in [0.3, 0.4) is 0 Å². The molecule has 0 spiro atoms. The zero-order valence-electron chi connectivity index (χ0n) is 13.5. The number of ether oxygens (including phenoxy) is 2. The van der Waals surface area contributed by atoms with Crippen molar-refractivity contribution in [1.82, 2.24) is 10.1 Å². The average molecular weight is 329 g/mol. The van der Waals surface area contributed by atoms with Crippen molar-refractivity contribution in [2.45, 2.75) is 32.1 Å². The summed E-state index contributed by atoms with van der Waals surface area (Å²) in [6.07, 6.45) is 2.13. The molecule has 0 N–H and O–H groups in total. The molecule has 0 unspecified atom stereocenters. The summed E-state index contributed by atoms with van der Waals surface area (Å²) in [5, 5.41) is 3.98. The van der Waals surface area contributed by atoms with E-state index in [2.05, 4.69) is 17.1 Å². The molecule has 1 atom stereocenters. The van der Waals surface area contributed by atoms with Gasteiger partial charge in [0.05, 0.1) is 5.92 Å². The molecule has 0 bridgehead atoms. The van der Waals surface area contributed by atoms with Crippen molar-refractivity contribution in [3.8, 4) is 11.5 Å². The summed E-state index contributed by atoms with van der Waals surface area (Å²) in [5.74, 6) is 2.63. The molecule has 0 radical (unpaired) electrons. The van der Waals surface area contributed by atoms with Gasteiger partial charge < -0.3 is 18.9 Å². The van der Waals surface area contributed by atoms with Gasteiger partial charge in [-0.3, -0.25) is 4.79 Å². The number of aromatic nitrogens is 2. The van der Waals surface area contributed by atoms with Crippen molar-refractivity contribution < 1.29 is 18.8 Å². The highest BCUT2D eigenvalue weighted by molar-refractivity contribution is 5.96. The van der Waals surface area contributed by atoms with Gasteiger partial charge in [0.25, 0.3) is 0 Å². The minimum Gasteiger partial charge on any atom is -0.486 e. The van der Waals surface area contributed by atoms with Crippen LogP contribution in [0.1, 0.15) is 37.4 Å². The maximum Gasteiger partial charge on any atom is 0.232 e. The Morgan fingerprint density at radius 1 is 1.25 bits per heavy atom. The number of nitrogens with zero attached hydrogens (tertiary/aromatic N) is 3. The summed E-state index contributed by atoms with van der Waals surface area (Å²) in [4.78, 5) is 18.6. The molecule has 126 valence electrons. The molecule has 1 fully saturated rings. The minimum atomic E-state index is -0.0659. The highest BCUT2D eigenvalue weighted by atomic mass is 16.6. The van der Waals surface area contributed by atoms with E-state index < -0.39 is 0 Å². The number of benzene rings is 1. The van der Waals surface area contributed by atoms with E-state index >= 15 is 0 Å². The number of fused-ring (bicyclic) bond motifs is 1. The Bertz CT molecular complexity index is 758. The molecule has 2 aliphatic rings. The fraction of sp³-hybridized carbons (Fsp3) is 0.471. The minimum absolute atomic E-state index is 0.0481.